The summed E-state index contributed by atoms with van der Waals surface area (Å²) >= 11 is 11.8. The smallest absolute Gasteiger partial charge is 0.339 e. The summed E-state index contributed by atoms with van der Waals surface area (Å²) in [5, 5.41) is 1.66. The third kappa shape index (κ3) is 3.24. The SMILES string of the molecule is Cc1c(OCC(=O)c2ccc(Cl)c(Cl)c2)ccc2c3c(c(=O)oc12)CCC3. The van der Waals surface area contributed by atoms with Gasteiger partial charge in [-0.1, -0.05) is 23.2 Å². The van der Waals surface area contributed by atoms with Gasteiger partial charge in [0.2, 0.25) is 0 Å². The van der Waals surface area contributed by atoms with Gasteiger partial charge in [0.25, 0.3) is 0 Å². The molecule has 0 radical (unpaired) electrons. The number of ether oxygens (including phenoxy) is 1. The van der Waals surface area contributed by atoms with Gasteiger partial charge in [-0.05, 0) is 62.1 Å². The fraction of sp³-hybridized carbons (Fsp3) is 0.238. The van der Waals surface area contributed by atoms with Crippen molar-refractivity contribution < 1.29 is 13.9 Å². The molecule has 0 atom stereocenters. The van der Waals surface area contributed by atoms with Gasteiger partial charge < -0.3 is 9.15 Å². The molecule has 0 unspecified atom stereocenters. The number of carbonyl (C=O) groups is 1. The average molecular weight is 403 g/mol. The number of carbonyl (C=O) groups excluding carboxylic acids is 1. The van der Waals surface area contributed by atoms with Crippen LogP contribution in [0.5, 0.6) is 5.75 Å². The molecule has 0 fully saturated rings. The number of benzene rings is 2. The largest absolute Gasteiger partial charge is 0.485 e. The first-order valence-corrected chi connectivity index (χ1v) is 9.40. The molecule has 1 aliphatic rings. The highest BCUT2D eigenvalue weighted by Crippen LogP contribution is 2.33. The molecule has 0 N–H and O–H groups in total. The fourth-order valence-corrected chi connectivity index (χ4v) is 3.81. The Morgan fingerprint density at radius 1 is 1.11 bits per heavy atom. The van der Waals surface area contributed by atoms with Crippen LogP contribution < -0.4 is 10.4 Å². The number of rotatable bonds is 4. The third-order valence-corrected chi connectivity index (χ3v) is 5.68. The van der Waals surface area contributed by atoms with Gasteiger partial charge in [-0.15, -0.1) is 0 Å². The highest BCUT2D eigenvalue weighted by atomic mass is 35.5. The van der Waals surface area contributed by atoms with Crippen LogP contribution in [0.1, 0.15) is 33.5 Å². The fourth-order valence-electron chi connectivity index (χ4n) is 3.52. The van der Waals surface area contributed by atoms with Crippen molar-refractivity contribution in [2.24, 2.45) is 0 Å². The summed E-state index contributed by atoms with van der Waals surface area (Å²) in [4.78, 5) is 24.6. The first kappa shape index (κ1) is 18.1. The average Bonchev–Trinajstić information content (AvgIpc) is 3.14. The first-order valence-electron chi connectivity index (χ1n) is 8.65. The highest BCUT2D eigenvalue weighted by molar-refractivity contribution is 6.42. The topological polar surface area (TPSA) is 56.5 Å². The van der Waals surface area contributed by atoms with Crippen molar-refractivity contribution in [2.75, 3.05) is 6.61 Å². The maximum Gasteiger partial charge on any atom is 0.339 e. The molecular weight excluding hydrogens is 387 g/mol. The number of fused-ring (bicyclic) bond motifs is 3. The van der Waals surface area contributed by atoms with Gasteiger partial charge in [0.05, 0.1) is 10.0 Å². The Morgan fingerprint density at radius 2 is 1.89 bits per heavy atom. The summed E-state index contributed by atoms with van der Waals surface area (Å²) in [6.45, 7) is 1.67. The molecule has 0 saturated carbocycles. The molecule has 0 aliphatic heterocycles. The molecule has 0 bridgehead atoms. The lowest BCUT2D eigenvalue weighted by Gasteiger charge is -2.12. The summed E-state index contributed by atoms with van der Waals surface area (Å²) in [5.74, 6) is 0.292. The van der Waals surface area contributed by atoms with Crippen molar-refractivity contribution in [1.82, 2.24) is 0 Å². The van der Waals surface area contributed by atoms with Crippen LogP contribution in [-0.4, -0.2) is 12.4 Å². The van der Waals surface area contributed by atoms with Gasteiger partial charge in [0, 0.05) is 22.1 Å². The number of hydrogen-bond donors (Lipinski definition) is 0. The molecule has 0 saturated heterocycles. The molecule has 4 nitrogen and oxygen atoms in total. The zero-order valence-corrected chi connectivity index (χ0v) is 16.1. The van der Waals surface area contributed by atoms with Crippen LogP contribution in [0.3, 0.4) is 0 Å². The Bertz CT molecular complexity index is 1130. The molecule has 2 aromatic carbocycles. The van der Waals surface area contributed by atoms with Crippen LogP contribution in [0.4, 0.5) is 0 Å². The maximum absolute atomic E-state index is 12.4. The quantitative estimate of drug-likeness (QED) is 0.446. The van der Waals surface area contributed by atoms with Crippen molar-refractivity contribution >= 4 is 40.0 Å². The Kier molecular flexibility index (Phi) is 4.70. The number of hydrogen-bond acceptors (Lipinski definition) is 4. The van der Waals surface area contributed by atoms with Crippen molar-refractivity contribution in [1.29, 1.82) is 0 Å². The number of halogens is 2. The molecule has 0 amide bonds. The van der Waals surface area contributed by atoms with Crippen LogP contribution in [0, 0.1) is 6.92 Å². The Balaban J connectivity index is 1.62. The second-order valence-corrected chi connectivity index (χ2v) is 7.42. The van der Waals surface area contributed by atoms with E-state index in [9.17, 15) is 9.59 Å². The normalized spacial score (nSPS) is 13.0. The Labute approximate surface area is 165 Å². The second-order valence-electron chi connectivity index (χ2n) is 6.61. The number of Topliss-reactive ketones (excluding diaryl/α,β-unsaturated/α-hetero) is 1. The van der Waals surface area contributed by atoms with E-state index in [2.05, 4.69) is 0 Å². The van der Waals surface area contributed by atoms with E-state index in [0.29, 0.717) is 32.5 Å². The third-order valence-electron chi connectivity index (χ3n) is 4.94. The van der Waals surface area contributed by atoms with E-state index in [0.717, 1.165) is 35.8 Å². The summed E-state index contributed by atoms with van der Waals surface area (Å²) in [7, 11) is 0. The molecule has 6 heteroatoms. The molecule has 1 aromatic heterocycles. The van der Waals surface area contributed by atoms with Crippen molar-refractivity contribution in [3.63, 3.8) is 0 Å². The van der Waals surface area contributed by atoms with E-state index in [4.69, 9.17) is 32.4 Å². The predicted molar refractivity (Wildman–Crippen MR) is 106 cm³/mol. The second kappa shape index (κ2) is 7.02. The van der Waals surface area contributed by atoms with E-state index < -0.39 is 0 Å². The van der Waals surface area contributed by atoms with Crippen molar-refractivity contribution in [3.05, 3.63) is 73.1 Å². The molecule has 1 heterocycles. The highest BCUT2D eigenvalue weighted by Gasteiger charge is 2.21. The van der Waals surface area contributed by atoms with Crippen molar-refractivity contribution in [2.45, 2.75) is 26.2 Å². The molecule has 27 heavy (non-hydrogen) atoms. The monoisotopic (exact) mass is 402 g/mol. The van der Waals surface area contributed by atoms with E-state index in [-0.39, 0.29) is 18.0 Å². The van der Waals surface area contributed by atoms with E-state index in [1.165, 1.54) is 6.07 Å². The van der Waals surface area contributed by atoms with E-state index in [1.54, 1.807) is 12.1 Å². The van der Waals surface area contributed by atoms with Gasteiger partial charge in [-0.25, -0.2) is 4.79 Å². The number of ketones is 1. The van der Waals surface area contributed by atoms with Crippen LogP contribution in [0.15, 0.2) is 39.5 Å². The van der Waals surface area contributed by atoms with Gasteiger partial charge >= 0.3 is 5.63 Å². The van der Waals surface area contributed by atoms with E-state index >= 15 is 0 Å². The lowest BCUT2D eigenvalue weighted by molar-refractivity contribution is 0.0921. The van der Waals surface area contributed by atoms with Gasteiger partial charge in [0.1, 0.15) is 11.3 Å². The lowest BCUT2D eigenvalue weighted by atomic mass is 10.0. The number of aryl methyl sites for hydroxylation is 2. The summed E-state index contributed by atoms with van der Waals surface area (Å²) in [5.41, 5.74) is 3.24. The minimum Gasteiger partial charge on any atom is -0.485 e. The molecular formula is C21H16Cl2O4. The van der Waals surface area contributed by atoms with Gasteiger partial charge in [-0.3, -0.25) is 4.79 Å². The van der Waals surface area contributed by atoms with Crippen LogP contribution in [0.25, 0.3) is 11.0 Å². The van der Waals surface area contributed by atoms with Gasteiger partial charge in [-0.2, -0.15) is 0 Å². The van der Waals surface area contributed by atoms with Crippen LogP contribution in [-0.2, 0) is 12.8 Å². The maximum atomic E-state index is 12.4. The molecule has 3 aromatic rings. The minimum absolute atomic E-state index is 0.153. The Morgan fingerprint density at radius 3 is 2.67 bits per heavy atom. The molecule has 138 valence electrons. The Hall–Kier alpha value is -2.30. The predicted octanol–water partition coefficient (Wildman–Crippen LogP) is 5.16. The standard InChI is InChI=1S/C21H16Cl2O4/c1-11-19(26-10-18(24)12-5-7-16(22)17(23)9-12)8-6-14-13-3-2-4-15(13)21(25)27-20(11)14/h5-9H,2-4,10H2,1H3. The summed E-state index contributed by atoms with van der Waals surface area (Å²) < 4.78 is 11.2. The molecule has 1 aliphatic carbocycles. The minimum atomic E-state index is -0.276. The van der Waals surface area contributed by atoms with Crippen molar-refractivity contribution in [3.8, 4) is 5.75 Å². The zero-order valence-electron chi connectivity index (χ0n) is 14.6. The first-order chi connectivity index (χ1) is 13.0. The zero-order chi connectivity index (χ0) is 19.1. The molecule has 4 rings (SSSR count). The van der Waals surface area contributed by atoms with Crippen LogP contribution in [0.2, 0.25) is 10.0 Å². The van der Waals surface area contributed by atoms with E-state index in [1.807, 2.05) is 19.1 Å². The summed E-state index contributed by atoms with van der Waals surface area (Å²) in [6.07, 6.45) is 2.62. The summed E-state index contributed by atoms with van der Waals surface area (Å²) in [6, 6.07) is 8.42. The van der Waals surface area contributed by atoms with Gasteiger partial charge in [0.15, 0.2) is 12.4 Å². The molecule has 0 spiro atoms. The van der Waals surface area contributed by atoms with Crippen LogP contribution >= 0.6 is 23.2 Å². The lowest BCUT2D eigenvalue weighted by Crippen LogP contribution is -2.12.